The number of ether oxygens (including phenoxy) is 1. The lowest BCUT2D eigenvalue weighted by Crippen LogP contribution is -2.29. The first-order valence-corrected chi connectivity index (χ1v) is 6.49. The third kappa shape index (κ3) is 7.35. The van der Waals surface area contributed by atoms with Gasteiger partial charge in [-0.25, -0.2) is 0 Å². The molecule has 3 nitrogen and oxygen atoms in total. The average molecular weight is 290 g/mol. The van der Waals surface area contributed by atoms with Crippen molar-refractivity contribution in [2.75, 3.05) is 20.6 Å². The predicted octanol–water partition coefficient (Wildman–Crippen LogP) is 3.02. The summed E-state index contributed by atoms with van der Waals surface area (Å²) in [6.07, 6.45) is -3.62. The van der Waals surface area contributed by atoms with Gasteiger partial charge in [-0.1, -0.05) is 12.1 Å². The van der Waals surface area contributed by atoms with E-state index in [-0.39, 0.29) is 5.75 Å². The van der Waals surface area contributed by atoms with E-state index in [1.165, 1.54) is 12.1 Å². The molecule has 0 radical (unpaired) electrons. The monoisotopic (exact) mass is 290 g/mol. The molecule has 0 heterocycles. The molecule has 1 N–H and O–H groups in total. The summed E-state index contributed by atoms with van der Waals surface area (Å²) < 4.78 is 39.8. The zero-order valence-corrected chi connectivity index (χ0v) is 12.0. The van der Waals surface area contributed by atoms with Crippen molar-refractivity contribution in [3.63, 3.8) is 0 Å². The summed E-state index contributed by atoms with van der Waals surface area (Å²) in [6.45, 7) is 3.71. The summed E-state index contributed by atoms with van der Waals surface area (Å²) in [5.41, 5.74) is 0.927. The minimum absolute atomic E-state index is 0.193. The summed E-state index contributed by atoms with van der Waals surface area (Å²) in [5, 5.41) is 3.33. The first-order chi connectivity index (χ1) is 9.26. The van der Waals surface area contributed by atoms with E-state index in [2.05, 4.69) is 21.9 Å². The van der Waals surface area contributed by atoms with Crippen LogP contribution in [-0.4, -0.2) is 37.9 Å². The van der Waals surface area contributed by atoms with Crippen LogP contribution in [0.5, 0.6) is 5.75 Å². The molecular weight excluding hydrogens is 269 g/mol. The van der Waals surface area contributed by atoms with E-state index in [9.17, 15) is 13.2 Å². The highest BCUT2D eigenvalue weighted by Gasteiger charge is 2.30. The largest absolute Gasteiger partial charge is 0.573 e. The highest BCUT2D eigenvalue weighted by molar-refractivity contribution is 5.27. The molecule has 114 valence electrons. The van der Waals surface area contributed by atoms with Crippen molar-refractivity contribution in [1.29, 1.82) is 0 Å². The third-order valence-corrected chi connectivity index (χ3v) is 2.82. The molecule has 1 aromatic rings. The molecule has 0 spiro atoms. The van der Waals surface area contributed by atoms with Crippen LogP contribution in [0.4, 0.5) is 13.2 Å². The van der Waals surface area contributed by atoms with Gasteiger partial charge < -0.3 is 15.0 Å². The summed E-state index contributed by atoms with van der Waals surface area (Å²) in [7, 11) is 4.04. The van der Waals surface area contributed by atoms with Crippen LogP contribution in [0.3, 0.4) is 0 Å². The van der Waals surface area contributed by atoms with Gasteiger partial charge in [0.25, 0.3) is 0 Å². The average Bonchev–Trinajstić information content (AvgIpc) is 2.33. The topological polar surface area (TPSA) is 24.5 Å². The second-order valence-electron chi connectivity index (χ2n) is 5.07. The molecular formula is C14H21F3N2O. The molecule has 1 unspecified atom stereocenters. The minimum Gasteiger partial charge on any atom is -0.406 e. The lowest BCUT2D eigenvalue weighted by atomic mass is 10.2. The van der Waals surface area contributed by atoms with E-state index in [0.717, 1.165) is 18.5 Å². The van der Waals surface area contributed by atoms with Gasteiger partial charge in [-0.05, 0) is 51.7 Å². The van der Waals surface area contributed by atoms with Gasteiger partial charge in [-0.2, -0.15) is 0 Å². The van der Waals surface area contributed by atoms with Gasteiger partial charge in [0.2, 0.25) is 0 Å². The Balaban J connectivity index is 2.38. The number of hydrogen-bond donors (Lipinski definition) is 1. The third-order valence-electron chi connectivity index (χ3n) is 2.82. The van der Waals surface area contributed by atoms with Crippen LogP contribution in [0.15, 0.2) is 24.3 Å². The fourth-order valence-corrected chi connectivity index (χ4v) is 1.65. The number of benzene rings is 1. The van der Waals surface area contributed by atoms with Crippen molar-refractivity contribution >= 4 is 0 Å². The number of alkyl halides is 3. The number of nitrogens with zero attached hydrogens (tertiary/aromatic N) is 1. The Morgan fingerprint density at radius 1 is 1.20 bits per heavy atom. The Labute approximate surface area is 117 Å². The highest BCUT2D eigenvalue weighted by atomic mass is 19.4. The van der Waals surface area contributed by atoms with Crippen molar-refractivity contribution < 1.29 is 17.9 Å². The molecule has 0 bridgehead atoms. The molecule has 1 atom stereocenters. The van der Waals surface area contributed by atoms with Crippen LogP contribution >= 0.6 is 0 Å². The number of rotatable bonds is 7. The maximum Gasteiger partial charge on any atom is 0.573 e. The van der Waals surface area contributed by atoms with E-state index in [4.69, 9.17) is 0 Å². The van der Waals surface area contributed by atoms with Gasteiger partial charge in [0.1, 0.15) is 5.75 Å². The summed E-state index contributed by atoms with van der Waals surface area (Å²) in [5.74, 6) is -0.193. The Kier molecular flexibility index (Phi) is 6.29. The van der Waals surface area contributed by atoms with Gasteiger partial charge in [0.05, 0.1) is 0 Å². The smallest absolute Gasteiger partial charge is 0.406 e. The molecule has 0 saturated heterocycles. The van der Waals surface area contributed by atoms with Crippen molar-refractivity contribution in [1.82, 2.24) is 10.2 Å². The molecule has 1 rings (SSSR count). The standard InChI is InChI=1S/C14H21F3N2O/c1-11(8-9-19(2)3)18-10-12-4-6-13(7-5-12)20-14(15,16)17/h4-7,11,18H,8-10H2,1-3H3. The Morgan fingerprint density at radius 3 is 2.30 bits per heavy atom. The van der Waals surface area contributed by atoms with Crippen molar-refractivity contribution in [2.24, 2.45) is 0 Å². The van der Waals surface area contributed by atoms with Gasteiger partial charge in [0.15, 0.2) is 0 Å². The van der Waals surface area contributed by atoms with E-state index in [1.807, 2.05) is 14.1 Å². The Morgan fingerprint density at radius 2 is 1.80 bits per heavy atom. The van der Waals surface area contributed by atoms with Crippen LogP contribution in [0.2, 0.25) is 0 Å². The molecule has 20 heavy (non-hydrogen) atoms. The molecule has 0 aliphatic carbocycles. The lowest BCUT2D eigenvalue weighted by molar-refractivity contribution is -0.274. The summed E-state index contributed by atoms with van der Waals surface area (Å²) in [4.78, 5) is 2.11. The fourth-order valence-electron chi connectivity index (χ4n) is 1.65. The molecule has 1 aromatic carbocycles. The van der Waals surface area contributed by atoms with E-state index in [1.54, 1.807) is 12.1 Å². The Bertz CT molecular complexity index is 390. The van der Waals surface area contributed by atoms with Crippen molar-refractivity contribution in [3.8, 4) is 5.75 Å². The second-order valence-corrected chi connectivity index (χ2v) is 5.07. The SMILES string of the molecule is CC(CCN(C)C)NCc1ccc(OC(F)(F)F)cc1. The maximum absolute atomic E-state index is 12.0. The minimum atomic E-state index is -4.64. The highest BCUT2D eigenvalue weighted by Crippen LogP contribution is 2.22. The quantitative estimate of drug-likeness (QED) is 0.835. The summed E-state index contributed by atoms with van der Waals surface area (Å²) in [6, 6.07) is 6.27. The lowest BCUT2D eigenvalue weighted by Gasteiger charge is -2.17. The van der Waals surface area contributed by atoms with Gasteiger partial charge in [-0.15, -0.1) is 13.2 Å². The molecule has 0 aliphatic rings. The van der Waals surface area contributed by atoms with Crippen LogP contribution < -0.4 is 10.1 Å². The van der Waals surface area contributed by atoms with Gasteiger partial charge in [-0.3, -0.25) is 0 Å². The first-order valence-electron chi connectivity index (χ1n) is 6.49. The van der Waals surface area contributed by atoms with Gasteiger partial charge in [0, 0.05) is 12.6 Å². The number of halogens is 3. The predicted molar refractivity (Wildman–Crippen MR) is 72.6 cm³/mol. The van der Waals surface area contributed by atoms with E-state index in [0.29, 0.717) is 12.6 Å². The van der Waals surface area contributed by atoms with Crippen molar-refractivity contribution in [2.45, 2.75) is 32.3 Å². The molecule has 0 amide bonds. The van der Waals surface area contributed by atoms with E-state index >= 15 is 0 Å². The fraction of sp³-hybridized carbons (Fsp3) is 0.571. The number of nitrogens with one attached hydrogen (secondary N) is 1. The summed E-state index contributed by atoms with van der Waals surface area (Å²) >= 11 is 0. The van der Waals surface area contributed by atoms with Crippen molar-refractivity contribution in [3.05, 3.63) is 29.8 Å². The van der Waals surface area contributed by atoms with E-state index < -0.39 is 6.36 Å². The Hall–Kier alpha value is -1.27. The zero-order valence-electron chi connectivity index (χ0n) is 12.0. The van der Waals surface area contributed by atoms with Crippen LogP contribution in [0, 0.1) is 0 Å². The maximum atomic E-state index is 12.0. The van der Waals surface area contributed by atoms with Gasteiger partial charge >= 0.3 is 6.36 Å². The normalized spacial score (nSPS) is 13.6. The zero-order chi connectivity index (χ0) is 15.2. The second kappa shape index (κ2) is 7.50. The molecule has 6 heteroatoms. The molecule has 0 aromatic heterocycles. The van der Waals surface area contributed by atoms with Crippen LogP contribution in [0.1, 0.15) is 18.9 Å². The molecule has 0 fully saturated rings. The molecule has 0 saturated carbocycles. The van der Waals surface area contributed by atoms with Crippen LogP contribution in [-0.2, 0) is 6.54 Å². The first kappa shape index (κ1) is 16.8. The molecule has 0 aliphatic heterocycles. The van der Waals surface area contributed by atoms with Crippen LogP contribution in [0.25, 0.3) is 0 Å². The number of hydrogen-bond acceptors (Lipinski definition) is 3.